The molecule has 1 aliphatic rings. The minimum Gasteiger partial charge on any atom is -0.465 e. The van der Waals surface area contributed by atoms with E-state index in [1.807, 2.05) is 6.07 Å². The van der Waals surface area contributed by atoms with Crippen LogP contribution in [-0.2, 0) is 6.54 Å². The number of ketones is 1. The highest BCUT2D eigenvalue weighted by molar-refractivity contribution is 6.09. The zero-order valence-corrected chi connectivity index (χ0v) is 11.3. The summed E-state index contributed by atoms with van der Waals surface area (Å²) in [5, 5.41) is 23.2. The summed E-state index contributed by atoms with van der Waals surface area (Å²) >= 11 is 0. The lowest BCUT2D eigenvalue weighted by atomic mass is 9.95. The molecule has 7 heteroatoms. The number of aliphatic hydroxyl groups excluding tert-OH is 1. The SMILES string of the molecule is O=C(c1c2ccccc2nn1CCO)C1CCN1C(=O)O. The minimum atomic E-state index is -1.09. The summed E-state index contributed by atoms with van der Waals surface area (Å²) in [5.41, 5.74) is 1.03. The average molecular weight is 289 g/mol. The molecule has 1 aliphatic heterocycles. The summed E-state index contributed by atoms with van der Waals surface area (Å²) in [7, 11) is 0. The van der Waals surface area contributed by atoms with Gasteiger partial charge in [-0.2, -0.15) is 5.10 Å². The minimum absolute atomic E-state index is 0.137. The van der Waals surface area contributed by atoms with E-state index in [-0.39, 0.29) is 18.9 Å². The first-order chi connectivity index (χ1) is 10.1. The summed E-state index contributed by atoms with van der Waals surface area (Å²) in [6.45, 7) is 0.439. The average Bonchev–Trinajstić information content (AvgIpc) is 2.74. The highest BCUT2D eigenvalue weighted by Crippen LogP contribution is 2.26. The van der Waals surface area contributed by atoms with Gasteiger partial charge >= 0.3 is 6.09 Å². The molecule has 0 aliphatic carbocycles. The molecule has 110 valence electrons. The molecule has 21 heavy (non-hydrogen) atoms. The Morgan fingerprint density at radius 1 is 1.33 bits per heavy atom. The molecule has 1 amide bonds. The molecule has 0 spiro atoms. The number of carboxylic acid groups (broad SMARTS) is 1. The first-order valence-electron chi connectivity index (χ1n) is 6.73. The number of nitrogens with zero attached hydrogens (tertiary/aromatic N) is 3. The van der Waals surface area contributed by atoms with E-state index in [1.165, 1.54) is 4.68 Å². The third-order valence-corrected chi connectivity index (χ3v) is 3.76. The van der Waals surface area contributed by atoms with Crippen molar-refractivity contribution in [3.05, 3.63) is 30.0 Å². The van der Waals surface area contributed by atoms with E-state index in [9.17, 15) is 9.59 Å². The van der Waals surface area contributed by atoms with Crippen molar-refractivity contribution in [1.29, 1.82) is 0 Å². The van der Waals surface area contributed by atoms with E-state index in [0.717, 1.165) is 4.90 Å². The van der Waals surface area contributed by atoms with Crippen LogP contribution in [0.15, 0.2) is 24.3 Å². The monoisotopic (exact) mass is 289 g/mol. The zero-order valence-electron chi connectivity index (χ0n) is 11.3. The number of Topliss-reactive ketones (excluding diaryl/α,β-unsaturated/α-hetero) is 1. The lowest BCUT2D eigenvalue weighted by Gasteiger charge is -2.37. The smallest absolute Gasteiger partial charge is 0.407 e. The number of fused-ring (bicyclic) bond motifs is 1. The second kappa shape index (κ2) is 5.17. The molecule has 2 aromatic rings. The second-order valence-corrected chi connectivity index (χ2v) is 4.96. The fraction of sp³-hybridized carbons (Fsp3) is 0.357. The van der Waals surface area contributed by atoms with Gasteiger partial charge in [-0.15, -0.1) is 0 Å². The predicted molar refractivity (Wildman–Crippen MR) is 74.3 cm³/mol. The van der Waals surface area contributed by atoms with Crippen molar-refractivity contribution in [2.24, 2.45) is 0 Å². The van der Waals surface area contributed by atoms with E-state index >= 15 is 0 Å². The van der Waals surface area contributed by atoms with Crippen molar-refractivity contribution >= 4 is 22.8 Å². The van der Waals surface area contributed by atoms with Gasteiger partial charge in [0.05, 0.1) is 18.7 Å². The van der Waals surface area contributed by atoms with E-state index in [0.29, 0.717) is 29.6 Å². The number of hydrogen-bond donors (Lipinski definition) is 2. The summed E-state index contributed by atoms with van der Waals surface area (Å²) < 4.78 is 1.46. The highest BCUT2D eigenvalue weighted by Gasteiger charge is 2.39. The van der Waals surface area contributed by atoms with Gasteiger partial charge in [0, 0.05) is 11.9 Å². The number of carbonyl (C=O) groups is 2. The van der Waals surface area contributed by atoms with Crippen molar-refractivity contribution in [3.8, 4) is 0 Å². The van der Waals surface area contributed by atoms with Gasteiger partial charge in [0.1, 0.15) is 11.7 Å². The number of rotatable bonds is 4. The number of aromatic nitrogens is 2. The molecule has 3 rings (SSSR count). The van der Waals surface area contributed by atoms with E-state index < -0.39 is 12.1 Å². The Labute approximate surface area is 120 Å². The van der Waals surface area contributed by atoms with Crippen molar-refractivity contribution in [2.45, 2.75) is 19.0 Å². The van der Waals surface area contributed by atoms with Crippen LogP contribution in [0, 0.1) is 0 Å². The normalized spacial score (nSPS) is 17.8. The van der Waals surface area contributed by atoms with Gasteiger partial charge in [-0.3, -0.25) is 14.4 Å². The molecule has 1 aromatic heterocycles. The number of aliphatic hydroxyl groups is 1. The molecular weight excluding hydrogens is 274 g/mol. The molecule has 1 aromatic carbocycles. The maximum atomic E-state index is 12.7. The Morgan fingerprint density at radius 2 is 2.10 bits per heavy atom. The first-order valence-corrected chi connectivity index (χ1v) is 6.73. The van der Waals surface area contributed by atoms with Crippen molar-refractivity contribution in [2.75, 3.05) is 13.2 Å². The molecule has 0 saturated carbocycles. The van der Waals surface area contributed by atoms with Crippen molar-refractivity contribution in [1.82, 2.24) is 14.7 Å². The van der Waals surface area contributed by atoms with Crippen LogP contribution in [-0.4, -0.2) is 56.0 Å². The van der Waals surface area contributed by atoms with Crippen molar-refractivity contribution < 1.29 is 19.8 Å². The fourth-order valence-corrected chi connectivity index (χ4v) is 2.64. The Balaban J connectivity index is 2.04. The van der Waals surface area contributed by atoms with E-state index in [2.05, 4.69) is 5.10 Å². The Morgan fingerprint density at radius 3 is 2.71 bits per heavy atom. The molecular formula is C14H15N3O4. The highest BCUT2D eigenvalue weighted by atomic mass is 16.4. The topological polar surface area (TPSA) is 95.7 Å². The fourth-order valence-electron chi connectivity index (χ4n) is 2.64. The van der Waals surface area contributed by atoms with Crippen LogP contribution in [0.25, 0.3) is 10.9 Å². The Hall–Kier alpha value is -2.41. The number of hydrogen-bond acceptors (Lipinski definition) is 4. The van der Waals surface area contributed by atoms with Gasteiger partial charge in [-0.1, -0.05) is 18.2 Å². The molecule has 2 N–H and O–H groups in total. The summed E-state index contributed by atoms with van der Waals surface area (Å²) in [5.74, 6) is -0.259. The summed E-state index contributed by atoms with van der Waals surface area (Å²) in [6.07, 6.45) is -0.568. The van der Waals surface area contributed by atoms with Crippen molar-refractivity contribution in [3.63, 3.8) is 0 Å². The predicted octanol–water partition coefficient (Wildman–Crippen LogP) is 0.964. The zero-order chi connectivity index (χ0) is 15.0. The Kier molecular flexibility index (Phi) is 3.34. The third-order valence-electron chi connectivity index (χ3n) is 3.76. The lowest BCUT2D eigenvalue weighted by Crippen LogP contribution is -2.55. The second-order valence-electron chi connectivity index (χ2n) is 4.96. The van der Waals surface area contributed by atoms with Crippen LogP contribution in [0.3, 0.4) is 0 Å². The third kappa shape index (κ3) is 2.15. The number of benzene rings is 1. The molecule has 2 heterocycles. The van der Waals surface area contributed by atoms with E-state index in [4.69, 9.17) is 10.2 Å². The quantitative estimate of drug-likeness (QED) is 0.817. The molecule has 1 fully saturated rings. The van der Waals surface area contributed by atoms with Gasteiger partial charge in [-0.05, 0) is 12.5 Å². The summed E-state index contributed by atoms with van der Waals surface area (Å²) in [4.78, 5) is 24.8. The van der Waals surface area contributed by atoms with Gasteiger partial charge < -0.3 is 10.2 Å². The maximum absolute atomic E-state index is 12.7. The molecule has 7 nitrogen and oxygen atoms in total. The van der Waals surface area contributed by atoms with Crippen LogP contribution < -0.4 is 0 Å². The number of carbonyl (C=O) groups excluding carboxylic acids is 1. The van der Waals surface area contributed by atoms with Gasteiger partial charge in [0.25, 0.3) is 0 Å². The van der Waals surface area contributed by atoms with Crippen LogP contribution in [0.4, 0.5) is 4.79 Å². The van der Waals surface area contributed by atoms with Gasteiger partial charge in [-0.25, -0.2) is 4.79 Å². The largest absolute Gasteiger partial charge is 0.465 e. The van der Waals surface area contributed by atoms with Crippen LogP contribution in [0.1, 0.15) is 16.9 Å². The molecule has 1 saturated heterocycles. The van der Waals surface area contributed by atoms with Crippen LogP contribution >= 0.6 is 0 Å². The standard InChI is InChI=1S/C14H15N3O4/c18-8-7-17-12(9-3-1-2-4-10(9)15-17)13(19)11-5-6-16(11)14(20)21/h1-4,11,18H,5-8H2,(H,20,21). The number of likely N-dealkylation sites (tertiary alicyclic amines) is 1. The number of amides is 1. The van der Waals surface area contributed by atoms with Crippen LogP contribution in [0.2, 0.25) is 0 Å². The lowest BCUT2D eigenvalue weighted by molar-refractivity contribution is 0.0546. The van der Waals surface area contributed by atoms with E-state index in [1.54, 1.807) is 18.2 Å². The Bertz CT molecular complexity index is 709. The summed E-state index contributed by atoms with van der Waals surface area (Å²) in [6, 6.07) is 6.54. The molecule has 1 unspecified atom stereocenters. The molecule has 0 bridgehead atoms. The van der Waals surface area contributed by atoms with Crippen LogP contribution in [0.5, 0.6) is 0 Å². The molecule has 1 atom stereocenters. The molecule has 0 radical (unpaired) electrons. The maximum Gasteiger partial charge on any atom is 0.407 e. The van der Waals surface area contributed by atoms with Gasteiger partial charge in [0.2, 0.25) is 5.78 Å². The first kappa shape index (κ1) is 13.6. The van der Waals surface area contributed by atoms with Gasteiger partial charge in [0.15, 0.2) is 0 Å².